The lowest BCUT2D eigenvalue weighted by atomic mass is 10.1. The Morgan fingerprint density at radius 3 is 2.52 bits per heavy atom. The molecule has 0 radical (unpaired) electrons. The molecule has 2 heterocycles. The third-order valence-corrected chi connectivity index (χ3v) is 5.19. The second-order valence-corrected chi connectivity index (χ2v) is 7.75. The molecule has 180 valence electrons. The maximum Gasteiger partial charge on any atom is 0.417 e. The lowest BCUT2D eigenvalue weighted by Gasteiger charge is -2.20. The van der Waals surface area contributed by atoms with Crippen LogP contribution in [0.2, 0.25) is 5.02 Å². The summed E-state index contributed by atoms with van der Waals surface area (Å²) in [5.74, 6) is 0.535. The fourth-order valence-electron chi connectivity index (χ4n) is 2.78. The summed E-state index contributed by atoms with van der Waals surface area (Å²) in [6.07, 6.45) is -1.20. The van der Waals surface area contributed by atoms with Gasteiger partial charge in [-0.2, -0.15) is 13.2 Å². The first-order valence-corrected chi connectivity index (χ1v) is 10.7. The van der Waals surface area contributed by atoms with Gasteiger partial charge in [-0.1, -0.05) is 36.3 Å². The first-order chi connectivity index (χ1) is 15.5. The Labute approximate surface area is 196 Å². The maximum absolute atomic E-state index is 12.8. The molecular weight excluding hydrogens is 459 g/mol. The molecule has 0 aliphatic carbocycles. The van der Waals surface area contributed by atoms with Crippen molar-refractivity contribution in [2.45, 2.75) is 59.4 Å². The van der Waals surface area contributed by atoms with Gasteiger partial charge in [-0.25, -0.2) is 4.98 Å². The lowest BCUT2D eigenvalue weighted by molar-refractivity contribution is -0.137. The second kappa shape index (κ2) is 11.4. The molecule has 6 nitrogen and oxygen atoms in total. The summed E-state index contributed by atoms with van der Waals surface area (Å²) in [4.78, 5) is 13.8. The molecule has 0 saturated carbocycles. The molecule has 0 bridgehead atoms. The standard InChI is InChI=1S/C23H27ClF3N3O3/c1-7-9-31-21-13(3)14(4)30-20(8-2)18(21)12-29-33-16(6)15(5)32-22-19(24)10-17(11-28-22)23(25,26)27/h7,10-12,15-16H,1,8-9H2,2-6H3/b29-12+. The number of rotatable bonds is 10. The molecule has 10 heteroatoms. The fourth-order valence-corrected chi connectivity index (χ4v) is 2.99. The number of ether oxygens (including phenoxy) is 2. The van der Waals surface area contributed by atoms with Crippen LogP contribution in [0, 0.1) is 13.8 Å². The van der Waals surface area contributed by atoms with Gasteiger partial charge in [0.05, 0.1) is 23.0 Å². The summed E-state index contributed by atoms with van der Waals surface area (Å²) < 4.78 is 49.7. The van der Waals surface area contributed by atoms with Gasteiger partial charge < -0.3 is 14.3 Å². The number of alkyl halides is 3. The average Bonchev–Trinajstić information content (AvgIpc) is 2.75. The van der Waals surface area contributed by atoms with E-state index in [1.165, 1.54) is 6.21 Å². The Bertz CT molecular complexity index is 1010. The van der Waals surface area contributed by atoms with Gasteiger partial charge in [0, 0.05) is 17.5 Å². The molecule has 0 aliphatic heterocycles. The number of hydrogen-bond acceptors (Lipinski definition) is 6. The monoisotopic (exact) mass is 485 g/mol. The molecule has 0 N–H and O–H groups in total. The molecule has 2 aromatic rings. The van der Waals surface area contributed by atoms with Crippen LogP contribution in [0.15, 0.2) is 30.1 Å². The van der Waals surface area contributed by atoms with E-state index in [0.29, 0.717) is 30.5 Å². The van der Waals surface area contributed by atoms with E-state index in [1.54, 1.807) is 19.9 Å². The Morgan fingerprint density at radius 1 is 1.24 bits per heavy atom. The normalized spacial score (nSPS) is 13.6. The maximum atomic E-state index is 12.8. The molecule has 33 heavy (non-hydrogen) atoms. The zero-order valence-electron chi connectivity index (χ0n) is 19.2. The topological polar surface area (TPSA) is 65.8 Å². The smallest absolute Gasteiger partial charge is 0.417 e. The highest BCUT2D eigenvalue weighted by Crippen LogP contribution is 2.33. The molecule has 2 unspecified atom stereocenters. The van der Waals surface area contributed by atoms with Crippen LogP contribution in [-0.2, 0) is 17.4 Å². The van der Waals surface area contributed by atoms with Crippen molar-refractivity contribution < 1.29 is 27.5 Å². The number of nitrogens with zero attached hydrogens (tertiary/aromatic N) is 3. The van der Waals surface area contributed by atoms with Crippen LogP contribution < -0.4 is 9.47 Å². The van der Waals surface area contributed by atoms with Crippen molar-refractivity contribution in [2.24, 2.45) is 5.16 Å². The Balaban J connectivity index is 2.14. The first-order valence-electron chi connectivity index (χ1n) is 10.3. The Kier molecular flexibility index (Phi) is 9.10. The third kappa shape index (κ3) is 6.83. The minimum Gasteiger partial charge on any atom is -0.488 e. The highest BCUT2D eigenvalue weighted by Gasteiger charge is 2.32. The van der Waals surface area contributed by atoms with E-state index in [9.17, 15) is 13.2 Å². The van der Waals surface area contributed by atoms with Crippen molar-refractivity contribution in [3.8, 4) is 11.6 Å². The molecule has 0 spiro atoms. The van der Waals surface area contributed by atoms with E-state index in [1.807, 2.05) is 20.8 Å². The molecule has 2 aromatic heterocycles. The van der Waals surface area contributed by atoms with Crippen molar-refractivity contribution in [1.82, 2.24) is 9.97 Å². The van der Waals surface area contributed by atoms with Crippen molar-refractivity contribution in [3.63, 3.8) is 0 Å². The van der Waals surface area contributed by atoms with E-state index in [4.69, 9.17) is 25.9 Å². The van der Waals surface area contributed by atoms with Gasteiger partial charge in [0.15, 0.2) is 6.10 Å². The minimum absolute atomic E-state index is 0.122. The van der Waals surface area contributed by atoms with Crippen LogP contribution in [-0.4, -0.2) is 35.0 Å². The third-order valence-electron chi connectivity index (χ3n) is 4.92. The van der Waals surface area contributed by atoms with Gasteiger partial charge >= 0.3 is 6.18 Å². The number of aryl methyl sites for hydroxylation is 2. The van der Waals surface area contributed by atoms with Crippen LogP contribution >= 0.6 is 11.6 Å². The number of hydrogen-bond donors (Lipinski definition) is 0. The molecular formula is C23H27ClF3N3O3. The van der Waals surface area contributed by atoms with E-state index in [2.05, 4.69) is 21.7 Å². The van der Waals surface area contributed by atoms with E-state index in [-0.39, 0.29) is 10.9 Å². The van der Waals surface area contributed by atoms with Gasteiger partial charge in [-0.05, 0) is 40.2 Å². The average molecular weight is 486 g/mol. The summed E-state index contributed by atoms with van der Waals surface area (Å²) >= 11 is 5.90. The summed E-state index contributed by atoms with van der Waals surface area (Å²) in [5, 5.41) is 3.82. The van der Waals surface area contributed by atoms with Crippen LogP contribution in [0.1, 0.15) is 48.8 Å². The number of halogens is 4. The van der Waals surface area contributed by atoms with E-state index < -0.39 is 23.9 Å². The minimum atomic E-state index is -4.54. The molecule has 2 rings (SSSR count). The van der Waals surface area contributed by atoms with E-state index in [0.717, 1.165) is 23.0 Å². The Morgan fingerprint density at radius 2 is 1.94 bits per heavy atom. The predicted molar refractivity (Wildman–Crippen MR) is 121 cm³/mol. The van der Waals surface area contributed by atoms with Crippen LogP contribution in [0.4, 0.5) is 13.2 Å². The van der Waals surface area contributed by atoms with Crippen LogP contribution in [0.25, 0.3) is 0 Å². The van der Waals surface area contributed by atoms with E-state index >= 15 is 0 Å². The van der Waals surface area contributed by atoms with Gasteiger partial charge in [0.2, 0.25) is 5.88 Å². The molecule has 0 saturated heterocycles. The van der Waals surface area contributed by atoms with Crippen LogP contribution in [0.5, 0.6) is 11.6 Å². The van der Waals surface area contributed by atoms with Gasteiger partial charge in [0.1, 0.15) is 23.5 Å². The summed E-state index contributed by atoms with van der Waals surface area (Å²) in [6.45, 7) is 13.2. The van der Waals surface area contributed by atoms with Gasteiger partial charge in [-0.3, -0.25) is 4.98 Å². The highest BCUT2D eigenvalue weighted by molar-refractivity contribution is 6.31. The van der Waals surface area contributed by atoms with Crippen molar-refractivity contribution in [1.29, 1.82) is 0 Å². The number of oxime groups is 1. The molecule has 0 fully saturated rings. The summed E-state index contributed by atoms with van der Waals surface area (Å²) in [7, 11) is 0. The quantitative estimate of drug-likeness (QED) is 0.231. The largest absolute Gasteiger partial charge is 0.488 e. The summed E-state index contributed by atoms with van der Waals surface area (Å²) in [6, 6.07) is 0.768. The van der Waals surface area contributed by atoms with Gasteiger partial charge in [-0.15, -0.1) is 0 Å². The Hall–Kier alpha value is -2.81. The molecule has 0 aliphatic rings. The predicted octanol–water partition coefficient (Wildman–Crippen LogP) is 6.10. The van der Waals surface area contributed by atoms with Crippen molar-refractivity contribution in [3.05, 3.63) is 58.0 Å². The zero-order valence-corrected chi connectivity index (χ0v) is 19.9. The van der Waals surface area contributed by atoms with Gasteiger partial charge in [0.25, 0.3) is 0 Å². The number of pyridine rings is 2. The van der Waals surface area contributed by atoms with Crippen LogP contribution in [0.3, 0.4) is 0 Å². The molecule has 2 atom stereocenters. The van der Waals surface area contributed by atoms with Crippen molar-refractivity contribution in [2.75, 3.05) is 6.61 Å². The molecule has 0 aromatic carbocycles. The lowest BCUT2D eigenvalue weighted by Crippen LogP contribution is -2.28. The highest BCUT2D eigenvalue weighted by atomic mass is 35.5. The zero-order chi connectivity index (χ0) is 24.8. The first kappa shape index (κ1) is 26.4. The SMILES string of the molecule is C=CCOc1c(C)c(C)nc(CC)c1/C=N/OC(C)C(C)Oc1ncc(C(F)(F)F)cc1Cl. The number of aromatic nitrogens is 2. The fraction of sp³-hybridized carbons (Fsp3) is 0.435. The summed E-state index contributed by atoms with van der Waals surface area (Å²) in [5.41, 5.74) is 2.31. The second-order valence-electron chi connectivity index (χ2n) is 7.34. The molecule has 0 amide bonds. The van der Waals surface area contributed by atoms with Crippen molar-refractivity contribution >= 4 is 17.8 Å².